The predicted octanol–water partition coefficient (Wildman–Crippen LogP) is 2.17. The molecule has 2 rings (SSSR count). The number of rotatable bonds is 4. The third kappa shape index (κ3) is 3.76. The highest BCUT2D eigenvalue weighted by atomic mass is 32.1. The molecule has 0 aliphatic carbocycles. The number of hydrogen-bond acceptors (Lipinski definition) is 4. The van der Waals surface area contributed by atoms with Gasteiger partial charge in [0.2, 0.25) is 0 Å². The van der Waals surface area contributed by atoms with Crippen molar-refractivity contribution in [3.8, 4) is 0 Å². The Kier molecular flexibility index (Phi) is 4.93. The van der Waals surface area contributed by atoms with Gasteiger partial charge in [0.1, 0.15) is 5.69 Å². The fourth-order valence-electron chi connectivity index (χ4n) is 2.39. The average Bonchev–Trinajstić information content (AvgIpc) is 2.85. The van der Waals surface area contributed by atoms with Crippen LogP contribution in [-0.4, -0.2) is 42.0 Å². The second-order valence-electron chi connectivity index (χ2n) is 5.58. The lowest BCUT2D eigenvalue weighted by molar-refractivity contribution is 0.0702. The summed E-state index contributed by atoms with van der Waals surface area (Å²) in [6, 6.07) is 0.552. The summed E-state index contributed by atoms with van der Waals surface area (Å²) in [6.45, 7) is 6.01. The summed E-state index contributed by atoms with van der Waals surface area (Å²) in [5.41, 5.74) is 0.628. The first kappa shape index (κ1) is 14.5. The molecule has 0 aromatic carbocycles. The summed E-state index contributed by atoms with van der Waals surface area (Å²) in [6.07, 6.45) is 3.02. The van der Waals surface area contributed by atoms with Crippen LogP contribution in [0, 0.1) is 5.92 Å². The van der Waals surface area contributed by atoms with Crippen molar-refractivity contribution in [1.82, 2.24) is 15.2 Å². The standard InChI is InChI=1S/C14H23N3OS/c1-10(2)8-13-16-12(9-19-13)14(18)17-6-4-11(15-3)5-7-17/h9-11,15H,4-8H2,1-3H3. The van der Waals surface area contributed by atoms with Gasteiger partial charge in [-0.2, -0.15) is 0 Å². The molecule has 106 valence electrons. The van der Waals surface area contributed by atoms with Gasteiger partial charge in [-0.3, -0.25) is 4.79 Å². The Morgan fingerprint density at radius 3 is 2.79 bits per heavy atom. The molecule has 5 heteroatoms. The lowest BCUT2D eigenvalue weighted by Gasteiger charge is -2.31. The van der Waals surface area contributed by atoms with E-state index in [2.05, 4.69) is 24.1 Å². The van der Waals surface area contributed by atoms with Gasteiger partial charge in [-0.15, -0.1) is 11.3 Å². The van der Waals surface area contributed by atoms with Crippen molar-refractivity contribution < 1.29 is 4.79 Å². The Bertz CT molecular complexity index is 422. The largest absolute Gasteiger partial charge is 0.337 e. The maximum absolute atomic E-state index is 12.3. The molecule has 0 saturated carbocycles. The van der Waals surface area contributed by atoms with E-state index in [9.17, 15) is 4.79 Å². The number of likely N-dealkylation sites (tertiary alicyclic amines) is 1. The van der Waals surface area contributed by atoms with Crippen molar-refractivity contribution in [2.75, 3.05) is 20.1 Å². The molecule has 1 fully saturated rings. The molecule has 0 bridgehead atoms. The minimum Gasteiger partial charge on any atom is -0.337 e. The number of piperidine rings is 1. The highest BCUT2D eigenvalue weighted by Crippen LogP contribution is 2.18. The highest BCUT2D eigenvalue weighted by molar-refractivity contribution is 7.09. The van der Waals surface area contributed by atoms with Gasteiger partial charge in [-0.1, -0.05) is 13.8 Å². The van der Waals surface area contributed by atoms with E-state index < -0.39 is 0 Å². The molecular weight excluding hydrogens is 258 g/mol. The monoisotopic (exact) mass is 281 g/mol. The Morgan fingerprint density at radius 1 is 1.53 bits per heavy atom. The zero-order chi connectivity index (χ0) is 13.8. The molecule has 0 unspecified atom stereocenters. The zero-order valence-corrected chi connectivity index (χ0v) is 12.8. The number of carbonyl (C=O) groups is 1. The van der Waals surface area contributed by atoms with Gasteiger partial charge in [0.15, 0.2) is 0 Å². The molecule has 0 atom stereocenters. The highest BCUT2D eigenvalue weighted by Gasteiger charge is 2.24. The molecule has 1 N–H and O–H groups in total. The molecule has 4 nitrogen and oxygen atoms in total. The van der Waals surface area contributed by atoms with Crippen molar-refractivity contribution in [3.63, 3.8) is 0 Å². The number of thiazole rings is 1. The van der Waals surface area contributed by atoms with Gasteiger partial charge in [-0.25, -0.2) is 4.98 Å². The minimum atomic E-state index is 0.0980. The molecule has 0 spiro atoms. The number of carbonyl (C=O) groups excluding carboxylic acids is 1. The predicted molar refractivity (Wildman–Crippen MR) is 78.6 cm³/mol. The molecule has 1 aromatic rings. The van der Waals surface area contributed by atoms with Crippen LogP contribution in [0.25, 0.3) is 0 Å². The first-order valence-electron chi connectivity index (χ1n) is 7.01. The topological polar surface area (TPSA) is 45.2 Å². The first-order chi connectivity index (χ1) is 9.10. The number of nitrogens with zero attached hydrogens (tertiary/aromatic N) is 2. The Labute approximate surface area is 119 Å². The van der Waals surface area contributed by atoms with E-state index in [1.54, 1.807) is 11.3 Å². The van der Waals surface area contributed by atoms with Crippen LogP contribution >= 0.6 is 11.3 Å². The third-order valence-corrected chi connectivity index (χ3v) is 4.42. The second-order valence-corrected chi connectivity index (χ2v) is 6.52. The van der Waals surface area contributed by atoms with Crippen molar-refractivity contribution in [3.05, 3.63) is 16.1 Å². The Morgan fingerprint density at radius 2 is 2.21 bits per heavy atom. The number of amides is 1. The van der Waals surface area contributed by atoms with Crippen LogP contribution in [0.5, 0.6) is 0 Å². The molecule has 1 aliphatic heterocycles. The lowest BCUT2D eigenvalue weighted by Crippen LogP contribution is -2.44. The van der Waals surface area contributed by atoms with Gasteiger partial charge >= 0.3 is 0 Å². The molecular formula is C14H23N3OS. The number of aromatic nitrogens is 1. The van der Waals surface area contributed by atoms with E-state index in [0.717, 1.165) is 37.4 Å². The van der Waals surface area contributed by atoms with E-state index in [-0.39, 0.29) is 5.91 Å². The SMILES string of the molecule is CNC1CCN(C(=O)c2csc(CC(C)C)n2)CC1. The zero-order valence-electron chi connectivity index (χ0n) is 12.0. The fourth-order valence-corrected chi connectivity index (χ4v) is 3.37. The van der Waals surface area contributed by atoms with Gasteiger partial charge in [0.05, 0.1) is 5.01 Å². The average molecular weight is 281 g/mol. The van der Waals surface area contributed by atoms with Crippen LogP contribution in [0.3, 0.4) is 0 Å². The maximum Gasteiger partial charge on any atom is 0.273 e. The molecule has 1 aromatic heterocycles. The van der Waals surface area contributed by atoms with E-state index in [4.69, 9.17) is 0 Å². The Balaban J connectivity index is 1.94. The van der Waals surface area contributed by atoms with Gasteiger partial charge in [0, 0.05) is 30.9 Å². The first-order valence-corrected chi connectivity index (χ1v) is 7.89. The minimum absolute atomic E-state index is 0.0980. The second kappa shape index (κ2) is 6.48. The summed E-state index contributed by atoms with van der Waals surface area (Å²) >= 11 is 1.60. The van der Waals surface area contributed by atoms with E-state index in [1.165, 1.54) is 0 Å². The molecule has 19 heavy (non-hydrogen) atoms. The molecule has 1 aliphatic rings. The summed E-state index contributed by atoms with van der Waals surface area (Å²) in [4.78, 5) is 18.8. The molecule has 1 saturated heterocycles. The summed E-state index contributed by atoms with van der Waals surface area (Å²) in [5.74, 6) is 0.682. The van der Waals surface area contributed by atoms with Crippen LogP contribution < -0.4 is 5.32 Å². The smallest absolute Gasteiger partial charge is 0.273 e. The summed E-state index contributed by atoms with van der Waals surface area (Å²) in [5, 5.41) is 6.26. The van der Waals surface area contributed by atoms with Gasteiger partial charge in [0.25, 0.3) is 5.91 Å². The summed E-state index contributed by atoms with van der Waals surface area (Å²) in [7, 11) is 1.99. The van der Waals surface area contributed by atoms with Crippen LogP contribution in [0.4, 0.5) is 0 Å². The van der Waals surface area contributed by atoms with Crippen LogP contribution in [-0.2, 0) is 6.42 Å². The Hall–Kier alpha value is -0.940. The molecule has 2 heterocycles. The van der Waals surface area contributed by atoms with Crippen LogP contribution in [0.2, 0.25) is 0 Å². The summed E-state index contributed by atoms with van der Waals surface area (Å²) < 4.78 is 0. The fraction of sp³-hybridized carbons (Fsp3) is 0.714. The van der Waals surface area contributed by atoms with Crippen molar-refractivity contribution >= 4 is 17.2 Å². The van der Waals surface area contributed by atoms with E-state index in [0.29, 0.717) is 17.7 Å². The van der Waals surface area contributed by atoms with Crippen molar-refractivity contribution in [2.24, 2.45) is 5.92 Å². The maximum atomic E-state index is 12.3. The molecule has 0 radical (unpaired) electrons. The van der Waals surface area contributed by atoms with E-state index in [1.807, 2.05) is 17.3 Å². The van der Waals surface area contributed by atoms with Crippen LogP contribution in [0.15, 0.2) is 5.38 Å². The van der Waals surface area contributed by atoms with Gasteiger partial charge < -0.3 is 10.2 Å². The van der Waals surface area contributed by atoms with Crippen molar-refractivity contribution in [1.29, 1.82) is 0 Å². The van der Waals surface area contributed by atoms with Gasteiger partial charge in [-0.05, 0) is 25.8 Å². The van der Waals surface area contributed by atoms with Crippen LogP contribution in [0.1, 0.15) is 42.2 Å². The normalized spacial score (nSPS) is 17.2. The van der Waals surface area contributed by atoms with E-state index >= 15 is 0 Å². The number of hydrogen-bond donors (Lipinski definition) is 1. The molecule has 1 amide bonds. The lowest BCUT2D eigenvalue weighted by atomic mass is 10.1. The van der Waals surface area contributed by atoms with Crippen molar-refractivity contribution in [2.45, 2.75) is 39.2 Å². The third-order valence-electron chi connectivity index (χ3n) is 3.54. The quantitative estimate of drug-likeness (QED) is 0.920. The number of nitrogens with one attached hydrogen (secondary N) is 1.